The van der Waals surface area contributed by atoms with Gasteiger partial charge in [-0.1, -0.05) is 6.07 Å². The van der Waals surface area contributed by atoms with Gasteiger partial charge in [-0.2, -0.15) is 0 Å². The minimum atomic E-state index is -0.371. The molecule has 1 aliphatic rings. The Morgan fingerprint density at radius 1 is 1.31 bits per heavy atom. The molecule has 4 heteroatoms. The molecule has 0 unspecified atom stereocenters. The first-order valence-electron chi connectivity index (χ1n) is 3.96. The average molecular weight is 203 g/mol. The standard InChI is InChI=1S/C9H11FN2.ClH/c10-7-5-6(1-2-8(7)11)9(12)3-4-9;/h1-2,5H,3-4,11-12H2;1H. The molecule has 2 nitrogen and oxygen atoms in total. The van der Waals surface area contributed by atoms with E-state index in [1.807, 2.05) is 0 Å². The van der Waals surface area contributed by atoms with Crippen molar-refractivity contribution in [3.05, 3.63) is 29.6 Å². The number of halogens is 2. The molecule has 72 valence electrons. The molecule has 13 heavy (non-hydrogen) atoms. The van der Waals surface area contributed by atoms with E-state index in [-0.39, 0.29) is 29.5 Å². The topological polar surface area (TPSA) is 52.0 Å². The van der Waals surface area contributed by atoms with Crippen LogP contribution >= 0.6 is 12.4 Å². The Labute approximate surface area is 82.5 Å². The van der Waals surface area contributed by atoms with Crippen molar-refractivity contribution in [1.29, 1.82) is 0 Å². The summed E-state index contributed by atoms with van der Waals surface area (Å²) in [5.74, 6) is -0.371. The van der Waals surface area contributed by atoms with E-state index in [4.69, 9.17) is 11.5 Å². The fraction of sp³-hybridized carbons (Fsp3) is 0.333. The summed E-state index contributed by atoms with van der Waals surface area (Å²) in [6.45, 7) is 0. The lowest BCUT2D eigenvalue weighted by Gasteiger charge is -2.09. The normalized spacial score (nSPS) is 17.7. The molecule has 4 N–H and O–H groups in total. The molecule has 0 aliphatic heterocycles. The molecule has 1 aromatic rings. The van der Waals surface area contributed by atoms with Crippen molar-refractivity contribution < 1.29 is 4.39 Å². The van der Waals surface area contributed by atoms with Crippen molar-refractivity contribution in [2.24, 2.45) is 5.73 Å². The van der Waals surface area contributed by atoms with Crippen LogP contribution in [0, 0.1) is 5.82 Å². The minimum Gasteiger partial charge on any atom is -0.396 e. The minimum absolute atomic E-state index is 0. The maximum absolute atomic E-state index is 13.0. The van der Waals surface area contributed by atoms with Crippen molar-refractivity contribution in [1.82, 2.24) is 0 Å². The number of rotatable bonds is 1. The van der Waals surface area contributed by atoms with Gasteiger partial charge in [-0.3, -0.25) is 0 Å². The van der Waals surface area contributed by atoms with Gasteiger partial charge in [-0.05, 0) is 30.5 Å². The van der Waals surface area contributed by atoms with Gasteiger partial charge < -0.3 is 11.5 Å². The van der Waals surface area contributed by atoms with Gasteiger partial charge in [0.15, 0.2) is 0 Å². The van der Waals surface area contributed by atoms with E-state index < -0.39 is 0 Å². The summed E-state index contributed by atoms with van der Waals surface area (Å²) in [4.78, 5) is 0. The number of hydrogen-bond acceptors (Lipinski definition) is 2. The molecule has 0 radical (unpaired) electrons. The van der Waals surface area contributed by atoms with Crippen LogP contribution in [0.3, 0.4) is 0 Å². The lowest BCUT2D eigenvalue weighted by molar-refractivity contribution is 0.623. The molecule has 1 aliphatic carbocycles. The highest BCUT2D eigenvalue weighted by molar-refractivity contribution is 5.85. The van der Waals surface area contributed by atoms with Crippen molar-refractivity contribution in [3.63, 3.8) is 0 Å². The summed E-state index contributed by atoms with van der Waals surface area (Å²) < 4.78 is 13.0. The van der Waals surface area contributed by atoms with E-state index in [0.717, 1.165) is 18.4 Å². The van der Waals surface area contributed by atoms with E-state index in [2.05, 4.69) is 0 Å². The summed E-state index contributed by atoms with van der Waals surface area (Å²) in [5, 5.41) is 0. The Hall–Kier alpha value is -0.800. The Kier molecular flexibility index (Phi) is 2.50. The van der Waals surface area contributed by atoms with Crippen LogP contribution in [0.4, 0.5) is 10.1 Å². The molecule has 0 saturated heterocycles. The van der Waals surface area contributed by atoms with Crippen LogP contribution < -0.4 is 11.5 Å². The molecule has 0 aromatic heterocycles. The third-order valence-electron chi connectivity index (χ3n) is 2.36. The van der Waals surface area contributed by atoms with Gasteiger partial charge in [-0.15, -0.1) is 12.4 Å². The molecule has 0 bridgehead atoms. The lowest BCUT2D eigenvalue weighted by atomic mass is 10.1. The summed E-state index contributed by atoms with van der Waals surface area (Å²) in [7, 11) is 0. The van der Waals surface area contributed by atoms with Gasteiger partial charge in [0.05, 0.1) is 5.69 Å². The summed E-state index contributed by atoms with van der Waals surface area (Å²) in [6, 6.07) is 4.80. The second-order valence-electron chi connectivity index (χ2n) is 3.39. The zero-order valence-corrected chi connectivity index (χ0v) is 7.90. The highest BCUT2D eigenvalue weighted by Crippen LogP contribution is 2.42. The summed E-state index contributed by atoms with van der Waals surface area (Å²) in [5.41, 5.74) is 12.0. The highest BCUT2D eigenvalue weighted by Gasteiger charge is 2.40. The van der Waals surface area contributed by atoms with E-state index >= 15 is 0 Å². The second kappa shape index (κ2) is 3.16. The predicted octanol–water partition coefficient (Wildman–Crippen LogP) is 1.78. The molecule has 2 rings (SSSR count). The third kappa shape index (κ3) is 1.76. The molecule has 0 heterocycles. The summed E-state index contributed by atoms with van der Waals surface area (Å²) in [6.07, 6.45) is 1.88. The van der Waals surface area contributed by atoms with Gasteiger partial charge in [0.25, 0.3) is 0 Å². The van der Waals surface area contributed by atoms with Crippen molar-refractivity contribution in [2.75, 3.05) is 5.73 Å². The lowest BCUT2D eigenvalue weighted by Crippen LogP contribution is -2.18. The number of nitrogen functional groups attached to an aromatic ring is 1. The van der Waals surface area contributed by atoms with Crippen LogP contribution in [0.2, 0.25) is 0 Å². The zero-order chi connectivity index (χ0) is 8.77. The Bertz CT molecular complexity index is 323. The molecule has 0 atom stereocenters. The van der Waals surface area contributed by atoms with Gasteiger partial charge in [0.1, 0.15) is 5.82 Å². The monoisotopic (exact) mass is 202 g/mol. The smallest absolute Gasteiger partial charge is 0.146 e. The Balaban J connectivity index is 0.000000845. The maximum atomic E-state index is 13.0. The fourth-order valence-corrected chi connectivity index (χ4v) is 1.26. The predicted molar refractivity (Wildman–Crippen MR) is 53.2 cm³/mol. The molecular weight excluding hydrogens is 191 g/mol. The molecule has 1 saturated carbocycles. The van der Waals surface area contributed by atoms with Crippen LogP contribution in [0.15, 0.2) is 18.2 Å². The zero-order valence-electron chi connectivity index (χ0n) is 7.09. The van der Waals surface area contributed by atoms with Crippen LogP contribution in [0.25, 0.3) is 0 Å². The maximum Gasteiger partial charge on any atom is 0.146 e. The molecule has 0 amide bonds. The molecule has 0 spiro atoms. The molecule has 1 fully saturated rings. The third-order valence-corrected chi connectivity index (χ3v) is 2.36. The Morgan fingerprint density at radius 2 is 1.92 bits per heavy atom. The quantitative estimate of drug-likeness (QED) is 0.682. The van der Waals surface area contributed by atoms with E-state index in [1.165, 1.54) is 6.07 Å². The number of nitrogens with two attached hydrogens (primary N) is 2. The first-order valence-corrected chi connectivity index (χ1v) is 3.96. The van der Waals surface area contributed by atoms with Crippen molar-refractivity contribution in [3.8, 4) is 0 Å². The molecule has 1 aromatic carbocycles. The van der Waals surface area contributed by atoms with Crippen LogP contribution in [0.1, 0.15) is 18.4 Å². The van der Waals surface area contributed by atoms with E-state index in [1.54, 1.807) is 12.1 Å². The number of hydrogen-bond donors (Lipinski definition) is 2. The number of anilines is 1. The largest absolute Gasteiger partial charge is 0.396 e. The van der Waals surface area contributed by atoms with E-state index in [0.29, 0.717) is 0 Å². The molecular formula is C9H12ClFN2. The van der Waals surface area contributed by atoms with Gasteiger partial charge >= 0.3 is 0 Å². The second-order valence-corrected chi connectivity index (χ2v) is 3.39. The fourth-order valence-electron chi connectivity index (χ4n) is 1.26. The first kappa shape index (κ1) is 10.3. The van der Waals surface area contributed by atoms with Gasteiger partial charge in [-0.25, -0.2) is 4.39 Å². The van der Waals surface area contributed by atoms with Gasteiger partial charge in [0.2, 0.25) is 0 Å². The SMILES string of the molecule is Cl.Nc1ccc(C2(N)CC2)cc1F. The van der Waals surface area contributed by atoms with Gasteiger partial charge in [0, 0.05) is 5.54 Å². The first-order chi connectivity index (χ1) is 5.62. The van der Waals surface area contributed by atoms with E-state index in [9.17, 15) is 4.39 Å². The van der Waals surface area contributed by atoms with Crippen molar-refractivity contribution >= 4 is 18.1 Å². The van der Waals surface area contributed by atoms with Crippen LogP contribution in [-0.4, -0.2) is 0 Å². The van der Waals surface area contributed by atoms with Crippen LogP contribution in [0.5, 0.6) is 0 Å². The summed E-state index contributed by atoms with van der Waals surface area (Å²) >= 11 is 0. The highest BCUT2D eigenvalue weighted by atomic mass is 35.5. The van der Waals surface area contributed by atoms with Crippen molar-refractivity contribution in [2.45, 2.75) is 18.4 Å². The van der Waals surface area contributed by atoms with Crippen LogP contribution in [-0.2, 0) is 5.54 Å². The number of benzene rings is 1. The average Bonchev–Trinajstić information content (AvgIpc) is 2.75. The Morgan fingerprint density at radius 3 is 2.38 bits per heavy atom.